The Kier molecular flexibility index (Phi) is 7.85. The second kappa shape index (κ2) is 11.8. The summed E-state index contributed by atoms with van der Waals surface area (Å²) in [5.41, 5.74) is 7.27. The third-order valence-electron chi connectivity index (χ3n) is 6.72. The topological polar surface area (TPSA) is 75.2 Å². The van der Waals surface area contributed by atoms with Gasteiger partial charge in [0.1, 0.15) is 5.69 Å². The number of benzene rings is 4. The summed E-state index contributed by atoms with van der Waals surface area (Å²) in [6.07, 6.45) is 1.42. The first-order valence-corrected chi connectivity index (χ1v) is 12.9. The number of nitrogens with one attached hydrogen (secondary N) is 1. The van der Waals surface area contributed by atoms with Crippen molar-refractivity contribution in [3.8, 4) is 11.1 Å². The maximum absolute atomic E-state index is 12.3. The number of nitrogens with zero attached hydrogens (tertiary/aromatic N) is 3. The molecule has 194 valence electrons. The molecule has 5 rings (SSSR count). The van der Waals surface area contributed by atoms with E-state index < -0.39 is 0 Å². The van der Waals surface area contributed by atoms with Gasteiger partial charge in [-0.3, -0.25) is 14.5 Å². The first kappa shape index (κ1) is 25.9. The number of carbonyl (C=O) groups is 2. The van der Waals surface area contributed by atoms with Crippen molar-refractivity contribution in [2.45, 2.75) is 26.4 Å². The van der Waals surface area contributed by atoms with E-state index in [1.165, 1.54) is 12.5 Å². The predicted octanol–water partition coefficient (Wildman–Crippen LogP) is 6.29. The van der Waals surface area contributed by atoms with Crippen LogP contribution in [0, 0.1) is 0 Å². The summed E-state index contributed by atoms with van der Waals surface area (Å²) >= 11 is 0. The minimum atomic E-state index is -0.114. The SMILES string of the molecule is CC(=O)Nc1ccc(-c2ccc3c(Cc4ccccc4)nnc(C=O)c3c2CN(C)Cc2ccccc2)cc1. The number of hydrogen-bond donors (Lipinski definition) is 1. The average molecular weight is 515 g/mol. The van der Waals surface area contributed by atoms with Gasteiger partial charge in [0, 0.05) is 42.9 Å². The molecule has 0 spiro atoms. The van der Waals surface area contributed by atoms with Crippen LogP contribution in [0.25, 0.3) is 21.9 Å². The molecule has 4 aromatic carbocycles. The Labute approximate surface area is 228 Å². The molecule has 0 radical (unpaired) electrons. The van der Waals surface area contributed by atoms with E-state index in [-0.39, 0.29) is 5.91 Å². The lowest BCUT2D eigenvalue weighted by molar-refractivity contribution is -0.114. The Balaban J connectivity index is 1.64. The smallest absolute Gasteiger partial charge is 0.221 e. The molecule has 1 amide bonds. The number of aldehydes is 1. The Bertz CT molecular complexity index is 1600. The monoisotopic (exact) mass is 514 g/mol. The lowest BCUT2D eigenvalue weighted by atomic mass is 9.91. The van der Waals surface area contributed by atoms with E-state index >= 15 is 0 Å². The standard InChI is InChI=1S/C33H30N4O2/c1-23(39)34-27-15-13-26(14-16-27)28-17-18-29-31(19-24-9-5-3-6-10-24)35-36-32(22-38)33(29)30(28)21-37(2)20-25-11-7-4-8-12-25/h3-18,22H,19-21H2,1-2H3,(H,34,39). The molecule has 0 atom stereocenters. The quantitative estimate of drug-likeness (QED) is 0.234. The fraction of sp³-hybridized carbons (Fsp3) is 0.152. The molecule has 0 fully saturated rings. The molecule has 0 saturated carbocycles. The van der Waals surface area contributed by atoms with Crippen LogP contribution in [0.15, 0.2) is 97.1 Å². The normalized spacial score (nSPS) is 11.1. The van der Waals surface area contributed by atoms with Gasteiger partial charge in [-0.2, -0.15) is 5.10 Å². The van der Waals surface area contributed by atoms with Crippen LogP contribution >= 0.6 is 0 Å². The van der Waals surface area contributed by atoms with Crippen molar-refractivity contribution in [3.05, 3.63) is 125 Å². The van der Waals surface area contributed by atoms with Gasteiger partial charge in [-0.05, 0) is 47.0 Å². The Morgan fingerprint density at radius 2 is 1.49 bits per heavy atom. The van der Waals surface area contributed by atoms with Crippen LogP contribution in [0.3, 0.4) is 0 Å². The Morgan fingerprint density at radius 3 is 2.13 bits per heavy atom. The number of rotatable bonds is 9. The van der Waals surface area contributed by atoms with Crippen LogP contribution < -0.4 is 5.32 Å². The Morgan fingerprint density at radius 1 is 0.821 bits per heavy atom. The molecule has 0 bridgehead atoms. The minimum absolute atomic E-state index is 0.114. The highest BCUT2D eigenvalue weighted by molar-refractivity contribution is 6.02. The maximum Gasteiger partial charge on any atom is 0.221 e. The number of anilines is 1. The summed E-state index contributed by atoms with van der Waals surface area (Å²) in [5, 5.41) is 13.4. The van der Waals surface area contributed by atoms with Crippen LogP contribution in [-0.2, 0) is 24.3 Å². The van der Waals surface area contributed by atoms with Gasteiger partial charge >= 0.3 is 0 Å². The van der Waals surface area contributed by atoms with Crippen molar-refractivity contribution in [1.82, 2.24) is 15.1 Å². The van der Waals surface area contributed by atoms with Crippen LogP contribution in [0.4, 0.5) is 5.69 Å². The number of amides is 1. The summed E-state index contributed by atoms with van der Waals surface area (Å²) in [4.78, 5) is 26.0. The predicted molar refractivity (Wildman–Crippen MR) is 156 cm³/mol. The van der Waals surface area contributed by atoms with E-state index in [4.69, 9.17) is 0 Å². The minimum Gasteiger partial charge on any atom is -0.326 e. The van der Waals surface area contributed by atoms with E-state index in [9.17, 15) is 9.59 Å². The van der Waals surface area contributed by atoms with Gasteiger partial charge < -0.3 is 5.32 Å². The zero-order valence-corrected chi connectivity index (χ0v) is 22.1. The molecule has 0 aliphatic rings. The van der Waals surface area contributed by atoms with Crippen LogP contribution in [-0.4, -0.2) is 34.3 Å². The fourth-order valence-corrected chi connectivity index (χ4v) is 4.99. The van der Waals surface area contributed by atoms with Gasteiger partial charge in [0.15, 0.2) is 6.29 Å². The van der Waals surface area contributed by atoms with Crippen molar-refractivity contribution in [2.75, 3.05) is 12.4 Å². The molecule has 1 heterocycles. The zero-order chi connectivity index (χ0) is 27.2. The molecular formula is C33H30N4O2. The highest BCUT2D eigenvalue weighted by Gasteiger charge is 2.19. The lowest BCUT2D eigenvalue weighted by Gasteiger charge is -2.22. The van der Waals surface area contributed by atoms with Gasteiger partial charge in [-0.15, -0.1) is 5.10 Å². The fourth-order valence-electron chi connectivity index (χ4n) is 4.99. The number of fused-ring (bicyclic) bond motifs is 1. The second-order valence-corrected chi connectivity index (χ2v) is 9.74. The van der Waals surface area contributed by atoms with Crippen molar-refractivity contribution in [3.63, 3.8) is 0 Å². The van der Waals surface area contributed by atoms with Crippen LogP contribution in [0.2, 0.25) is 0 Å². The van der Waals surface area contributed by atoms with Gasteiger partial charge in [0.05, 0.1) is 5.69 Å². The summed E-state index contributed by atoms with van der Waals surface area (Å²) in [5.74, 6) is -0.114. The molecule has 1 aromatic heterocycles. The highest BCUT2D eigenvalue weighted by atomic mass is 16.1. The van der Waals surface area contributed by atoms with Gasteiger partial charge in [0.2, 0.25) is 5.91 Å². The second-order valence-electron chi connectivity index (χ2n) is 9.74. The first-order chi connectivity index (χ1) is 19.0. The van der Waals surface area contributed by atoms with E-state index in [1.54, 1.807) is 0 Å². The van der Waals surface area contributed by atoms with Crippen molar-refractivity contribution < 1.29 is 9.59 Å². The van der Waals surface area contributed by atoms with Crippen LogP contribution in [0.1, 0.15) is 39.8 Å². The van der Waals surface area contributed by atoms with Gasteiger partial charge in [0.25, 0.3) is 0 Å². The molecule has 39 heavy (non-hydrogen) atoms. The molecule has 0 unspecified atom stereocenters. The lowest BCUT2D eigenvalue weighted by Crippen LogP contribution is -2.18. The van der Waals surface area contributed by atoms with Gasteiger partial charge in [-0.1, -0.05) is 84.9 Å². The molecule has 0 aliphatic heterocycles. The number of aromatic nitrogens is 2. The molecule has 0 aliphatic carbocycles. The Hall–Kier alpha value is -4.68. The zero-order valence-electron chi connectivity index (χ0n) is 22.1. The molecule has 1 N–H and O–H groups in total. The number of hydrogen-bond acceptors (Lipinski definition) is 5. The summed E-state index contributed by atoms with van der Waals surface area (Å²) in [6.45, 7) is 2.85. The maximum atomic E-state index is 12.3. The summed E-state index contributed by atoms with van der Waals surface area (Å²) in [6, 6.07) is 32.4. The molecule has 6 heteroatoms. The average Bonchev–Trinajstić information content (AvgIpc) is 2.94. The summed E-state index contributed by atoms with van der Waals surface area (Å²) < 4.78 is 0. The molecule has 5 aromatic rings. The van der Waals surface area contributed by atoms with E-state index in [2.05, 4.69) is 57.8 Å². The number of carbonyl (C=O) groups excluding carboxylic acids is 2. The van der Waals surface area contributed by atoms with E-state index in [0.29, 0.717) is 18.7 Å². The first-order valence-electron chi connectivity index (χ1n) is 12.9. The van der Waals surface area contributed by atoms with E-state index in [1.807, 2.05) is 66.7 Å². The third-order valence-corrected chi connectivity index (χ3v) is 6.72. The largest absolute Gasteiger partial charge is 0.326 e. The molecule has 6 nitrogen and oxygen atoms in total. The van der Waals surface area contributed by atoms with E-state index in [0.717, 1.165) is 57.2 Å². The van der Waals surface area contributed by atoms with Crippen molar-refractivity contribution in [1.29, 1.82) is 0 Å². The van der Waals surface area contributed by atoms with Crippen molar-refractivity contribution in [2.24, 2.45) is 0 Å². The van der Waals surface area contributed by atoms with Gasteiger partial charge in [-0.25, -0.2) is 0 Å². The molecular weight excluding hydrogens is 484 g/mol. The molecule has 0 saturated heterocycles. The summed E-state index contributed by atoms with van der Waals surface area (Å²) in [7, 11) is 2.08. The third kappa shape index (κ3) is 6.08. The highest BCUT2D eigenvalue weighted by Crippen LogP contribution is 2.34. The van der Waals surface area contributed by atoms with Crippen LogP contribution in [0.5, 0.6) is 0 Å². The van der Waals surface area contributed by atoms with Crippen molar-refractivity contribution >= 4 is 28.7 Å².